The lowest BCUT2D eigenvalue weighted by molar-refractivity contribution is 0.0924. The van der Waals surface area contributed by atoms with Crippen LogP contribution in [0.5, 0.6) is 0 Å². The summed E-state index contributed by atoms with van der Waals surface area (Å²) in [6.45, 7) is 0.0263. The Morgan fingerprint density at radius 3 is 2.90 bits per heavy atom. The lowest BCUT2D eigenvalue weighted by atomic mass is 10.0. The SMILES string of the molecule is O=C(NC(CCO)c1ccccc1)c1n[nH]c2c1CCC2. The number of H-pyrrole nitrogens is 1. The van der Waals surface area contributed by atoms with Crippen molar-refractivity contribution in [1.29, 1.82) is 0 Å². The summed E-state index contributed by atoms with van der Waals surface area (Å²) in [5.41, 5.74) is 3.62. The van der Waals surface area contributed by atoms with Gasteiger partial charge in [0.2, 0.25) is 0 Å². The molecule has 0 radical (unpaired) electrons. The third kappa shape index (κ3) is 2.83. The lowest BCUT2D eigenvalue weighted by Gasteiger charge is -2.18. The zero-order chi connectivity index (χ0) is 14.7. The highest BCUT2D eigenvalue weighted by Gasteiger charge is 2.24. The van der Waals surface area contributed by atoms with Crippen LogP contribution in [-0.2, 0) is 12.8 Å². The first-order chi connectivity index (χ1) is 10.3. The number of nitrogens with one attached hydrogen (secondary N) is 2. The van der Waals surface area contributed by atoms with E-state index in [2.05, 4.69) is 15.5 Å². The number of nitrogens with zero attached hydrogens (tertiary/aromatic N) is 1. The van der Waals surface area contributed by atoms with Crippen LogP contribution < -0.4 is 5.32 Å². The number of hydrogen-bond acceptors (Lipinski definition) is 3. The molecule has 110 valence electrons. The van der Waals surface area contributed by atoms with Crippen molar-refractivity contribution >= 4 is 5.91 Å². The monoisotopic (exact) mass is 285 g/mol. The molecule has 1 aromatic heterocycles. The average molecular weight is 285 g/mol. The first-order valence-electron chi connectivity index (χ1n) is 7.32. The minimum Gasteiger partial charge on any atom is -0.396 e. The molecule has 21 heavy (non-hydrogen) atoms. The number of carbonyl (C=O) groups is 1. The molecule has 0 aliphatic heterocycles. The predicted octanol–water partition coefficient (Wildman–Crippen LogP) is 1.75. The number of benzene rings is 1. The molecular weight excluding hydrogens is 266 g/mol. The van der Waals surface area contributed by atoms with E-state index < -0.39 is 0 Å². The summed E-state index contributed by atoms with van der Waals surface area (Å²) < 4.78 is 0. The van der Waals surface area contributed by atoms with Gasteiger partial charge in [-0.1, -0.05) is 30.3 Å². The van der Waals surface area contributed by atoms with E-state index in [0.29, 0.717) is 12.1 Å². The summed E-state index contributed by atoms with van der Waals surface area (Å²) in [6, 6.07) is 9.50. The molecule has 2 aromatic rings. The van der Waals surface area contributed by atoms with E-state index in [1.807, 2.05) is 30.3 Å². The number of amides is 1. The molecule has 0 saturated heterocycles. The van der Waals surface area contributed by atoms with Gasteiger partial charge in [-0.05, 0) is 31.2 Å². The molecule has 5 nitrogen and oxygen atoms in total. The smallest absolute Gasteiger partial charge is 0.272 e. The third-order valence-electron chi connectivity index (χ3n) is 3.95. The van der Waals surface area contributed by atoms with Crippen molar-refractivity contribution in [3.8, 4) is 0 Å². The fourth-order valence-corrected chi connectivity index (χ4v) is 2.87. The van der Waals surface area contributed by atoms with Crippen LogP contribution in [0.2, 0.25) is 0 Å². The van der Waals surface area contributed by atoms with Crippen LogP contribution >= 0.6 is 0 Å². The summed E-state index contributed by atoms with van der Waals surface area (Å²) in [5.74, 6) is -0.170. The first kappa shape index (κ1) is 13.8. The van der Waals surface area contributed by atoms with E-state index in [0.717, 1.165) is 36.1 Å². The summed E-state index contributed by atoms with van der Waals surface area (Å²) >= 11 is 0. The van der Waals surface area contributed by atoms with Crippen molar-refractivity contribution in [2.24, 2.45) is 0 Å². The predicted molar refractivity (Wildman–Crippen MR) is 79.0 cm³/mol. The van der Waals surface area contributed by atoms with E-state index in [1.165, 1.54) is 0 Å². The minimum atomic E-state index is -0.197. The number of hydrogen-bond donors (Lipinski definition) is 3. The summed E-state index contributed by atoms with van der Waals surface area (Å²) in [4.78, 5) is 12.4. The number of aromatic nitrogens is 2. The molecule has 1 aliphatic rings. The van der Waals surface area contributed by atoms with Gasteiger partial charge in [0.15, 0.2) is 5.69 Å². The van der Waals surface area contributed by atoms with Crippen molar-refractivity contribution in [2.45, 2.75) is 31.7 Å². The Balaban J connectivity index is 1.78. The van der Waals surface area contributed by atoms with Gasteiger partial charge >= 0.3 is 0 Å². The van der Waals surface area contributed by atoms with E-state index >= 15 is 0 Å². The normalized spacial score (nSPS) is 14.7. The molecule has 1 heterocycles. The molecule has 0 bridgehead atoms. The topological polar surface area (TPSA) is 78.0 Å². The number of aryl methyl sites for hydroxylation is 1. The Morgan fingerprint density at radius 1 is 1.33 bits per heavy atom. The zero-order valence-electron chi connectivity index (χ0n) is 11.8. The maximum Gasteiger partial charge on any atom is 0.272 e. The molecule has 0 fully saturated rings. The highest BCUT2D eigenvalue weighted by molar-refractivity contribution is 5.94. The maximum absolute atomic E-state index is 12.4. The second-order valence-electron chi connectivity index (χ2n) is 5.33. The van der Waals surface area contributed by atoms with Gasteiger partial charge in [-0.2, -0.15) is 5.10 Å². The second kappa shape index (κ2) is 6.10. The minimum absolute atomic E-state index is 0.0263. The maximum atomic E-state index is 12.4. The molecule has 3 rings (SSSR count). The molecule has 1 unspecified atom stereocenters. The number of carbonyl (C=O) groups excluding carboxylic acids is 1. The van der Waals surface area contributed by atoms with Crippen LogP contribution in [0.4, 0.5) is 0 Å². The highest BCUT2D eigenvalue weighted by Crippen LogP contribution is 2.24. The zero-order valence-corrected chi connectivity index (χ0v) is 11.8. The highest BCUT2D eigenvalue weighted by atomic mass is 16.3. The van der Waals surface area contributed by atoms with Gasteiger partial charge in [0.25, 0.3) is 5.91 Å². The molecule has 1 aromatic carbocycles. The fourth-order valence-electron chi connectivity index (χ4n) is 2.87. The van der Waals surface area contributed by atoms with Crippen molar-refractivity contribution in [3.05, 3.63) is 52.8 Å². The van der Waals surface area contributed by atoms with Crippen LogP contribution in [0, 0.1) is 0 Å². The molecule has 1 amide bonds. The number of aliphatic hydroxyl groups excluding tert-OH is 1. The van der Waals surface area contributed by atoms with E-state index in [9.17, 15) is 9.90 Å². The van der Waals surface area contributed by atoms with Crippen LogP contribution in [-0.4, -0.2) is 27.8 Å². The third-order valence-corrected chi connectivity index (χ3v) is 3.95. The van der Waals surface area contributed by atoms with Gasteiger partial charge in [-0.25, -0.2) is 0 Å². The Labute approximate surface area is 123 Å². The summed E-state index contributed by atoms with van der Waals surface area (Å²) in [6.07, 6.45) is 3.43. The lowest BCUT2D eigenvalue weighted by Crippen LogP contribution is -2.30. The van der Waals surface area contributed by atoms with Crippen LogP contribution in [0.1, 0.15) is 46.2 Å². The van der Waals surface area contributed by atoms with E-state index in [4.69, 9.17) is 0 Å². The molecule has 5 heteroatoms. The second-order valence-corrected chi connectivity index (χ2v) is 5.33. The van der Waals surface area contributed by atoms with Crippen molar-refractivity contribution < 1.29 is 9.90 Å². The van der Waals surface area contributed by atoms with Gasteiger partial charge in [0, 0.05) is 17.9 Å². The van der Waals surface area contributed by atoms with Gasteiger partial charge in [0.05, 0.1) is 6.04 Å². The Hall–Kier alpha value is -2.14. The average Bonchev–Trinajstić information content (AvgIpc) is 3.10. The van der Waals surface area contributed by atoms with Crippen molar-refractivity contribution in [3.63, 3.8) is 0 Å². The van der Waals surface area contributed by atoms with Gasteiger partial charge < -0.3 is 10.4 Å². The Morgan fingerprint density at radius 2 is 2.14 bits per heavy atom. The quantitative estimate of drug-likeness (QED) is 0.783. The summed E-state index contributed by atoms with van der Waals surface area (Å²) in [5, 5.41) is 19.3. The largest absolute Gasteiger partial charge is 0.396 e. The Kier molecular flexibility index (Phi) is 4.01. The van der Waals surface area contributed by atoms with Gasteiger partial charge in [-0.15, -0.1) is 0 Å². The number of rotatable bonds is 5. The van der Waals surface area contributed by atoms with E-state index in [1.54, 1.807) is 0 Å². The molecular formula is C16H19N3O2. The van der Waals surface area contributed by atoms with Crippen LogP contribution in [0.25, 0.3) is 0 Å². The molecule has 1 aliphatic carbocycles. The standard InChI is InChI=1S/C16H19N3O2/c20-10-9-13(11-5-2-1-3-6-11)17-16(21)15-12-7-4-8-14(12)18-19-15/h1-3,5-6,13,20H,4,7-10H2,(H,17,21)(H,18,19). The molecule has 1 atom stereocenters. The first-order valence-corrected chi connectivity index (χ1v) is 7.32. The van der Waals surface area contributed by atoms with E-state index in [-0.39, 0.29) is 18.6 Å². The number of aliphatic hydroxyl groups is 1. The number of fused-ring (bicyclic) bond motifs is 1. The molecule has 3 N–H and O–H groups in total. The van der Waals surface area contributed by atoms with Gasteiger partial charge in [0.1, 0.15) is 0 Å². The van der Waals surface area contributed by atoms with Crippen molar-refractivity contribution in [2.75, 3.05) is 6.61 Å². The van der Waals surface area contributed by atoms with Crippen LogP contribution in [0.15, 0.2) is 30.3 Å². The fraction of sp³-hybridized carbons (Fsp3) is 0.375. The van der Waals surface area contributed by atoms with Gasteiger partial charge in [-0.3, -0.25) is 9.89 Å². The molecule has 0 spiro atoms. The van der Waals surface area contributed by atoms with Crippen molar-refractivity contribution in [1.82, 2.24) is 15.5 Å². The number of aromatic amines is 1. The summed E-state index contributed by atoms with van der Waals surface area (Å²) in [7, 11) is 0. The molecule has 0 saturated carbocycles. The van der Waals surface area contributed by atoms with Crippen LogP contribution in [0.3, 0.4) is 0 Å². The Bertz CT molecular complexity index is 622.